The maximum absolute atomic E-state index is 9.54. The number of thiazole rings is 1. The Morgan fingerprint density at radius 1 is 1.35 bits per heavy atom. The Labute approximate surface area is 129 Å². The third-order valence-electron chi connectivity index (χ3n) is 3.04. The maximum Gasteiger partial charge on any atom is 0.194 e. The highest BCUT2D eigenvalue weighted by molar-refractivity contribution is 7.15. The Hall–Kier alpha value is -1.43. The molecule has 0 aliphatic carbocycles. The summed E-state index contributed by atoms with van der Waals surface area (Å²) in [5.74, 6) is -0.0976. The van der Waals surface area contributed by atoms with Gasteiger partial charge in [0.25, 0.3) is 0 Å². The molecule has 7 heteroatoms. The number of fused-ring (bicyclic) bond motifs is 1. The number of halogens is 2. The molecule has 0 aliphatic rings. The van der Waals surface area contributed by atoms with E-state index in [1.165, 1.54) is 0 Å². The van der Waals surface area contributed by atoms with E-state index in [0.717, 1.165) is 22.0 Å². The molecule has 2 heterocycles. The zero-order valence-electron chi connectivity index (χ0n) is 10.5. The highest BCUT2D eigenvalue weighted by Gasteiger charge is 2.10. The lowest BCUT2D eigenvalue weighted by Crippen LogP contribution is -2.03. The van der Waals surface area contributed by atoms with Gasteiger partial charge in [-0.3, -0.25) is 4.40 Å². The Balaban J connectivity index is 1.86. The van der Waals surface area contributed by atoms with Crippen molar-refractivity contribution in [3.63, 3.8) is 0 Å². The quantitative estimate of drug-likeness (QED) is 0.704. The normalized spacial score (nSPS) is 11.2. The van der Waals surface area contributed by atoms with E-state index in [2.05, 4.69) is 14.7 Å². The number of anilines is 1. The first-order chi connectivity index (χ1) is 9.56. The van der Waals surface area contributed by atoms with Crippen molar-refractivity contribution < 1.29 is 5.11 Å². The second-order valence-corrected chi connectivity index (χ2v) is 6.03. The van der Waals surface area contributed by atoms with Crippen molar-refractivity contribution in [1.82, 2.24) is 9.38 Å². The van der Waals surface area contributed by atoms with Gasteiger partial charge in [-0.25, -0.2) is 4.98 Å². The Bertz CT molecular complexity index is 758. The Kier molecular flexibility index (Phi) is 3.50. The average Bonchev–Trinajstić information content (AvgIpc) is 2.94. The van der Waals surface area contributed by atoms with Gasteiger partial charge in [0.05, 0.1) is 28.0 Å². The van der Waals surface area contributed by atoms with Crippen LogP contribution in [0.5, 0.6) is 5.75 Å². The molecule has 2 aromatic heterocycles. The van der Waals surface area contributed by atoms with Crippen molar-refractivity contribution in [2.45, 2.75) is 13.5 Å². The van der Waals surface area contributed by atoms with Crippen LogP contribution in [0.1, 0.15) is 11.4 Å². The van der Waals surface area contributed by atoms with Gasteiger partial charge in [0.15, 0.2) is 10.7 Å². The summed E-state index contributed by atoms with van der Waals surface area (Å²) in [6.45, 7) is 2.58. The molecule has 0 spiro atoms. The molecule has 0 saturated heterocycles. The first kappa shape index (κ1) is 13.5. The second kappa shape index (κ2) is 5.16. The van der Waals surface area contributed by atoms with Crippen LogP contribution < -0.4 is 5.32 Å². The summed E-state index contributed by atoms with van der Waals surface area (Å²) < 4.78 is 2.05. The third kappa shape index (κ3) is 2.32. The number of aromatic hydroxyl groups is 1. The number of hydrogen-bond donors (Lipinski definition) is 2. The number of nitrogens with zero attached hydrogens (tertiary/aromatic N) is 2. The lowest BCUT2D eigenvalue weighted by Gasteiger charge is -2.09. The zero-order valence-corrected chi connectivity index (χ0v) is 12.9. The predicted octanol–water partition coefficient (Wildman–Crippen LogP) is 4.33. The van der Waals surface area contributed by atoms with Crippen LogP contribution in [-0.2, 0) is 6.54 Å². The van der Waals surface area contributed by atoms with E-state index in [0.29, 0.717) is 6.54 Å². The fourth-order valence-electron chi connectivity index (χ4n) is 2.01. The number of aromatic nitrogens is 2. The number of imidazole rings is 1. The summed E-state index contributed by atoms with van der Waals surface area (Å²) in [7, 11) is 0. The van der Waals surface area contributed by atoms with Gasteiger partial charge < -0.3 is 10.4 Å². The largest absolute Gasteiger partial charge is 0.505 e. The standard InChI is InChI=1S/C13H11Cl2N3OS/c1-7-11(18-2-3-20-13(18)17-7)6-16-8-4-9(14)12(19)10(15)5-8/h2-5,16,19H,6H2,1H3. The van der Waals surface area contributed by atoms with Crippen LogP contribution in [-0.4, -0.2) is 14.5 Å². The highest BCUT2D eigenvalue weighted by atomic mass is 35.5. The molecule has 0 bridgehead atoms. The van der Waals surface area contributed by atoms with Crippen LogP contribution in [0.2, 0.25) is 10.0 Å². The van der Waals surface area contributed by atoms with Gasteiger partial charge >= 0.3 is 0 Å². The molecule has 0 amide bonds. The van der Waals surface area contributed by atoms with Crippen LogP contribution in [0.4, 0.5) is 5.69 Å². The lowest BCUT2D eigenvalue weighted by molar-refractivity contribution is 0.476. The number of nitrogens with one attached hydrogen (secondary N) is 1. The lowest BCUT2D eigenvalue weighted by atomic mass is 10.2. The topological polar surface area (TPSA) is 49.6 Å². The molecule has 3 rings (SSSR count). The van der Waals surface area contributed by atoms with Crippen molar-refractivity contribution >= 4 is 45.2 Å². The van der Waals surface area contributed by atoms with Crippen LogP contribution >= 0.6 is 34.5 Å². The fraction of sp³-hybridized carbons (Fsp3) is 0.154. The average molecular weight is 328 g/mol. The minimum Gasteiger partial charge on any atom is -0.505 e. The Morgan fingerprint density at radius 3 is 2.75 bits per heavy atom. The van der Waals surface area contributed by atoms with Gasteiger partial charge in [0.1, 0.15) is 0 Å². The molecule has 0 fully saturated rings. The first-order valence-electron chi connectivity index (χ1n) is 5.89. The number of phenols is 1. The van der Waals surface area contributed by atoms with E-state index in [1.807, 2.05) is 18.5 Å². The Morgan fingerprint density at radius 2 is 2.05 bits per heavy atom. The molecular weight excluding hydrogens is 317 g/mol. The summed E-state index contributed by atoms with van der Waals surface area (Å²) in [4.78, 5) is 5.46. The predicted molar refractivity (Wildman–Crippen MR) is 83.3 cm³/mol. The van der Waals surface area contributed by atoms with Gasteiger partial charge in [0.2, 0.25) is 0 Å². The molecule has 3 aromatic rings. The number of aryl methyl sites for hydroxylation is 1. The van der Waals surface area contributed by atoms with Crippen LogP contribution in [0.3, 0.4) is 0 Å². The van der Waals surface area contributed by atoms with Gasteiger partial charge in [-0.2, -0.15) is 0 Å². The van der Waals surface area contributed by atoms with Crippen molar-refractivity contribution in [3.8, 4) is 5.75 Å². The van der Waals surface area contributed by atoms with Gasteiger partial charge in [0, 0.05) is 17.3 Å². The smallest absolute Gasteiger partial charge is 0.194 e. The number of phenolic OH excluding ortho intramolecular Hbond substituents is 1. The van der Waals surface area contributed by atoms with Gasteiger partial charge in [-0.05, 0) is 19.1 Å². The fourth-order valence-corrected chi connectivity index (χ4v) is 3.27. The summed E-state index contributed by atoms with van der Waals surface area (Å²) in [5, 5.41) is 15.2. The summed E-state index contributed by atoms with van der Waals surface area (Å²) >= 11 is 13.4. The van der Waals surface area contributed by atoms with E-state index in [9.17, 15) is 5.11 Å². The van der Waals surface area contributed by atoms with Crippen LogP contribution in [0.25, 0.3) is 4.96 Å². The van der Waals surface area contributed by atoms with Gasteiger partial charge in [-0.15, -0.1) is 11.3 Å². The van der Waals surface area contributed by atoms with Crippen molar-refractivity contribution in [1.29, 1.82) is 0 Å². The molecular formula is C13H11Cl2N3OS. The zero-order chi connectivity index (χ0) is 14.3. The molecule has 0 saturated carbocycles. The van der Waals surface area contributed by atoms with Crippen LogP contribution in [0.15, 0.2) is 23.7 Å². The summed E-state index contributed by atoms with van der Waals surface area (Å²) in [6, 6.07) is 3.29. The molecule has 1 aromatic carbocycles. The number of hydrogen-bond acceptors (Lipinski definition) is 4. The van der Waals surface area contributed by atoms with Gasteiger partial charge in [-0.1, -0.05) is 23.2 Å². The minimum absolute atomic E-state index is 0.0976. The van der Waals surface area contributed by atoms with E-state index in [1.54, 1.807) is 23.5 Å². The van der Waals surface area contributed by atoms with Crippen molar-refractivity contribution in [2.75, 3.05) is 5.32 Å². The molecule has 20 heavy (non-hydrogen) atoms. The SMILES string of the molecule is Cc1nc2sccn2c1CNc1cc(Cl)c(O)c(Cl)c1. The van der Waals surface area contributed by atoms with E-state index >= 15 is 0 Å². The molecule has 0 aliphatic heterocycles. The van der Waals surface area contributed by atoms with Crippen molar-refractivity contribution in [3.05, 3.63) is 45.1 Å². The minimum atomic E-state index is -0.0976. The molecule has 4 nitrogen and oxygen atoms in total. The van der Waals surface area contributed by atoms with E-state index in [-0.39, 0.29) is 15.8 Å². The van der Waals surface area contributed by atoms with Crippen LogP contribution in [0, 0.1) is 6.92 Å². The first-order valence-corrected chi connectivity index (χ1v) is 7.52. The van der Waals surface area contributed by atoms with E-state index in [4.69, 9.17) is 23.2 Å². The highest BCUT2D eigenvalue weighted by Crippen LogP contribution is 2.34. The summed E-state index contributed by atoms with van der Waals surface area (Å²) in [6.07, 6.45) is 1.99. The monoisotopic (exact) mass is 327 g/mol. The summed E-state index contributed by atoms with van der Waals surface area (Å²) in [5.41, 5.74) is 2.82. The molecule has 0 unspecified atom stereocenters. The molecule has 0 radical (unpaired) electrons. The second-order valence-electron chi connectivity index (χ2n) is 4.34. The van der Waals surface area contributed by atoms with E-state index < -0.39 is 0 Å². The number of benzene rings is 1. The molecule has 0 atom stereocenters. The molecule has 2 N–H and O–H groups in total. The maximum atomic E-state index is 9.54. The van der Waals surface area contributed by atoms with Crippen molar-refractivity contribution in [2.24, 2.45) is 0 Å². The third-order valence-corrected chi connectivity index (χ3v) is 4.37. The molecule has 104 valence electrons. The number of rotatable bonds is 3.